The van der Waals surface area contributed by atoms with Crippen molar-refractivity contribution in [1.29, 1.82) is 0 Å². The summed E-state index contributed by atoms with van der Waals surface area (Å²) in [4.78, 5) is 13.9. The quantitative estimate of drug-likeness (QED) is 0.902. The molecule has 1 N–H and O–H groups in total. The third-order valence-corrected chi connectivity index (χ3v) is 3.61. The summed E-state index contributed by atoms with van der Waals surface area (Å²) in [6, 6.07) is 12.1. The van der Waals surface area contributed by atoms with Crippen molar-refractivity contribution in [3.63, 3.8) is 0 Å². The minimum absolute atomic E-state index is 0.0267. The van der Waals surface area contributed by atoms with Gasteiger partial charge in [0.25, 0.3) is 5.91 Å². The van der Waals surface area contributed by atoms with Crippen LogP contribution in [0.1, 0.15) is 15.9 Å². The lowest BCUT2D eigenvalue weighted by molar-refractivity contribution is 0.0782. The molecule has 20 heavy (non-hydrogen) atoms. The van der Waals surface area contributed by atoms with Gasteiger partial charge in [0.2, 0.25) is 0 Å². The average molecular weight is 355 g/mol. The van der Waals surface area contributed by atoms with Gasteiger partial charge in [-0.25, -0.2) is 0 Å². The zero-order valence-electron chi connectivity index (χ0n) is 10.8. The van der Waals surface area contributed by atoms with Crippen molar-refractivity contribution < 1.29 is 9.90 Å². The second-order valence-corrected chi connectivity index (χ2v) is 5.80. The fourth-order valence-corrected chi connectivity index (χ4v) is 2.31. The Morgan fingerprint density at radius 1 is 1.25 bits per heavy atom. The average Bonchev–Trinajstić information content (AvgIpc) is 2.43. The molecule has 2 aromatic rings. The summed E-state index contributed by atoms with van der Waals surface area (Å²) in [5.74, 6) is -0.264. The van der Waals surface area contributed by atoms with Gasteiger partial charge in [0, 0.05) is 23.1 Å². The van der Waals surface area contributed by atoms with E-state index >= 15 is 0 Å². The first kappa shape index (κ1) is 14.9. The molecule has 0 unspecified atom stereocenters. The molecule has 1 amide bonds. The summed E-state index contributed by atoms with van der Waals surface area (Å²) in [6.45, 7) is 0.446. The van der Waals surface area contributed by atoms with Crippen molar-refractivity contribution in [3.05, 3.63) is 63.1 Å². The minimum Gasteiger partial charge on any atom is -0.507 e. The molecule has 0 atom stereocenters. The maximum atomic E-state index is 12.3. The van der Waals surface area contributed by atoms with Crippen LogP contribution in [0.2, 0.25) is 5.02 Å². The van der Waals surface area contributed by atoms with Gasteiger partial charge < -0.3 is 10.0 Å². The van der Waals surface area contributed by atoms with Crippen molar-refractivity contribution in [3.8, 4) is 5.75 Å². The predicted molar refractivity (Wildman–Crippen MR) is 83.1 cm³/mol. The third-order valence-electron chi connectivity index (χ3n) is 2.87. The van der Waals surface area contributed by atoms with Crippen LogP contribution >= 0.6 is 27.5 Å². The number of amides is 1. The second kappa shape index (κ2) is 6.29. The number of phenolic OH excluding ortho intramolecular Hbond substituents is 1. The molecule has 0 spiro atoms. The molecule has 0 aliphatic rings. The lowest BCUT2D eigenvalue weighted by Gasteiger charge is -2.18. The predicted octanol–water partition coefficient (Wildman–Crippen LogP) is 4.08. The molecule has 0 heterocycles. The molecular formula is C15H13BrClNO2. The second-order valence-electron chi connectivity index (χ2n) is 4.45. The van der Waals surface area contributed by atoms with Crippen molar-refractivity contribution in [1.82, 2.24) is 4.90 Å². The SMILES string of the molecule is CN(Cc1ccc(Cl)cc1)C(=O)c1cc(Br)ccc1O. The molecule has 104 valence electrons. The van der Waals surface area contributed by atoms with Gasteiger partial charge in [0.1, 0.15) is 5.75 Å². The number of carbonyl (C=O) groups excluding carboxylic acids is 1. The van der Waals surface area contributed by atoms with Crippen LogP contribution in [0.25, 0.3) is 0 Å². The molecule has 0 aromatic heterocycles. The van der Waals surface area contributed by atoms with Gasteiger partial charge in [0.05, 0.1) is 5.56 Å². The summed E-state index contributed by atoms with van der Waals surface area (Å²) in [6.07, 6.45) is 0. The molecule has 5 heteroatoms. The number of hydrogen-bond donors (Lipinski definition) is 1. The summed E-state index contributed by atoms with van der Waals surface area (Å²) in [7, 11) is 1.69. The standard InChI is InChI=1S/C15H13BrClNO2/c1-18(9-10-2-5-12(17)6-3-10)15(20)13-8-11(16)4-7-14(13)19/h2-8,19H,9H2,1H3. The molecule has 2 aromatic carbocycles. The summed E-state index contributed by atoms with van der Waals surface area (Å²) < 4.78 is 0.749. The molecule has 0 fully saturated rings. The van der Waals surface area contributed by atoms with E-state index in [9.17, 15) is 9.90 Å². The van der Waals surface area contributed by atoms with E-state index in [1.54, 1.807) is 36.2 Å². The number of phenols is 1. The van der Waals surface area contributed by atoms with Crippen LogP contribution < -0.4 is 0 Å². The van der Waals surface area contributed by atoms with Crippen molar-refractivity contribution >= 4 is 33.4 Å². The van der Waals surface area contributed by atoms with Crippen LogP contribution in [0.3, 0.4) is 0 Å². The Morgan fingerprint density at radius 2 is 1.90 bits per heavy atom. The number of rotatable bonds is 3. The van der Waals surface area contributed by atoms with Gasteiger partial charge in [0.15, 0.2) is 0 Å². The molecular weight excluding hydrogens is 342 g/mol. The molecule has 0 saturated heterocycles. The molecule has 0 bridgehead atoms. The lowest BCUT2D eigenvalue weighted by atomic mass is 10.1. The number of benzene rings is 2. The van der Waals surface area contributed by atoms with E-state index in [1.807, 2.05) is 12.1 Å². The third kappa shape index (κ3) is 3.52. The smallest absolute Gasteiger partial charge is 0.257 e. The summed E-state index contributed by atoms with van der Waals surface area (Å²) in [5, 5.41) is 10.4. The van der Waals surface area contributed by atoms with Crippen LogP contribution in [-0.4, -0.2) is 23.0 Å². The minimum atomic E-state index is -0.237. The Bertz CT molecular complexity index is 628. The van der Waals surface area contributed by atoms with Gasteiger partial charge in [-0.3, -0.25) is 4.79 Å². The maximum absolute atomic E-state index is 12.3. The Morgan fingerprint density at radius 3 is 2.55 bits per heavy atom. The normalized spacial score (nSPS) is 10.3. The first-order valence-corrected chi connectivity index (χ1v) is 7.13. The highest BCUT2D eigenvalue weighted by molar-refractivity contribution is 9.10. The summed E-state index contributed by atoms with van der Waals surface area (Å²) in [5.41, 5.74) is 1.25. The lowest BCUT2D eigenvalue weighted by Crippen LogP contribution is -2.26. The first-order valence-electron chi connectivity index (χ1n) is 5.96. The van der Waals surface area contributed by atoms with E-state index in [0.717, 1.165) is 10.0 Å². The highest BCUT2D eigenvalue weighted by Gasteiger charge is 2.16. The van der Waals surface area contributed by atoms with Crippen LogP contribution in [0.5, 0.6) is 5.75 Å². The molecule has 2 rings (SSSR count). The monoisotopic (exact) mass is 353 g/mol. The van der Waals surface area contributed by atoms with Gasteiger partial charge in [-0.1, -0.05) is 39.7 Å². The van der Waals surface area contributed by atoms with E-state index in [-0.39, 0.29) is 17.2 Å². The molecule has 0 radical (unpaired) electrons. The topological polar surface area (TPSA) is 40.5 Å². The Balaban J connectivity index is 2.16. The molecule has 3 nitrogen and oxygen atoms in total. The van der Waals surface area contributed by atoms with E-state index in [0.29, 0.717) is 11.6 Å². The van der Waals surface area contributed by atoms with E-state index in [2.05, 4.69) is 15.9 Å². The summed E-state index contributed by atoms with van der Waals surface area (Å²) >= 11 is 9.12. The fourth-order valence-electron chi connectivity index (χ4n) is 1.82. The number of halogens is 2. The highest BCUT2D eigenvalue weighted by atomic mass is 79.9. The number of nitrogens with zero attached hydrogens (tertiary/aromatic N) is 1. The maximum Gasteiger partial charge on any atom is 0.257 e. The Labute approximate surface area is 130 Å². The number of carbonyl (C=O) groups is 1. The van der Waals surface area contributed by atoms with Crippen molar-refractivity contribution in [2.45, 2.75) is 6.54 Å². The van der Waals surface area contributed by atoms with E-state index in [1.165, 1.54) is 6.07 Å². The van der Waals surface area contributed by atoms with Crippen LogP contribution in [0.15, 0.2) is 46.9 Å². The van der Waals surface area contributed by atoms with E-state index < -0.39 is 0 Å². The zero-order valence-corrected chi connectivity index (χ0v) is 13.1. The zero-order chi connectivity index (χ0) is 14.7. The Hall–Kier alpha value is -1.52. The number of aromatic hydroxyl groups is 1. The van der Waals surface area contributed by atoms with Gasteiger partial charge in [-0.15, -0.1) is 0 Å². The highest BCUT2D eigenvalue weighted by Crippen LogP contribution is 2.23. The van der Waals surface area contributed by atoms with Crippen molar-refractivity contribution in [2.75, 3.05) is 7.05 Å². The largest absolute Gasteiger partial charge is 0.507 e. The molecule has 0 aliphatic carbocycles. The van der Waals surface area contributed by atoms with Crippen molar-refractivity contribution in [2.24, 2.45) is 0 Å². The molecule has 0 saturated carbocycles. The van der Waals surface area contributed by atoms with Crippen LogP contribution in [0.4, 0.5) is 0 Å². The van der Waals surface area contributed by atoms with Gasteiger partial charge in [-0.05, 0) is 35.9 Å². The molecule has 0 aliphatic heterocycles. The number of hydrogen-bond acceptors (Lipinski definition) is 2. The van der Waals surface area contributed by atoms with Gasteiger partial charge >= 0.3 is 0 Å². The fraction of sp³-hybridized carbons (Fsp3) is 0.133. The Kier molecular flexibility index (Phi) is 4.68. The first-order chi connectivity index (χ1) is 9.47. The van der Waals surface area contributed by atoms with E-state index in [4.69, 9.17) is 11.6 Å². The van der Waals surface area contributed by atoms with Crippen LogP contribution in [-0.2, 0) is 6.54 Å². The van der Waals surface area contributed by atoms with Crippen LogP contribution in [0, 0.1) is 0 Å². The van der Waals surface area contributed by atoms with Gasteiger partial charge in [-0.2, -0.15) is 0 Å².